The molecule has 0 saturated carbocycles. The lowest BCUT2D eigenvalue weighted by Crippen LogP contribution is -1.66. The normalized spacial score (nSPS) is 8.87. The van der Waals surface area contributed by atoms with Crippen LogP contribution in [0.3, 0.4) is 0 Å². The standard InChI is InChI=1S/C7H8O.C6H6O/c1-6-3-2-4-7(8)5-6;7-6-4-2-1-3-5-6/h2-5,8H,1H3;1-5,7H. The molecule has 0 bridgehead atoms. The molecule has 2 N–H and O–H groups in total. The van der Waals surface area contributed by atoms with Gasteiger partial charge in [0.05, 0.1) is 0 Å². The Bertz CT molecular complexity index is 379. The van der Waals surface area contributed by atoms with Gasteiger partial charge in [-0.2, -0.15) is 0 Å². The van der Waals surface area contributed by atoms with Gasteiger partial charge in [0.2, 0.25) is 0 Å². The van der Waals surface area contributed by atoms with E-state index in [0.717, 1.165) is 5.56 Å². The molecule has 0 amide bonds. The van der Waals surface area contributed by atoms with Crippen molar-refractivity contribution in [3.63, 3.8) is 0 Å². The van der Waals surface area contributed by atoms with Crippen LogP contribution in [0.2, 0.25) is 0 Å². The first kappa shape index (κ1) is 11.1. The average molecular weight is 202 g/mol. The van der Waals surface area contributed by atoms with Crippen LogP contribution < -0.4 is 0 Å². The summed E-state index contributed by atoms with van der Waals surface area (Å²) in [6.07, 6.45) is 0. The van der Waals surface area contributed by atoms with Gasteiger partial charge in [-0.1, -0.05) is 30.3 Å². The number of hydrogen-bond acceptors (Lipinski definition) is 2. The van der Waals surface area contributed by atoms with Crippen LogP contribution in [-0.4, -0.2) is 10.2 Å². The molecule has 0 radical (unpaired) electrons. The SMILES string of the molecule is Cc1cccc(O)c1.Oc1ccccc1. The zero-order valence-corrected chi connectivity index (χ0v) is 8.59. The topological polar surface area (TPSA) is 40.5 Å². The van der Waals surface area contributed by atoms with Crippen LogP contribution >= 0.6 is 0 Å². The lowest BCUT2D eigenvalue weighted by Gasteiger charge is -1.89. The summed E-state index contributed by atoms with van der Waals surface area (Å²) < 4.78 is 0. The summed E-state index contributed by atoms with van der Waals surface area (Å²) in [5.74, 6) is 0.660. The molecule has 0 aliphatic carbocycles. The molecule has 2 nitrogen and oxygen atoms in total. The van der Waals surface area contributed by atoms with Crippen LogP contribution in [0.1, 0.15) is 5.56 Å². The van der Waals surface area contributed by atoms with Gasteiger partial charge in [0.15, 0.2) is 0 Å². The zero-order valence-electron chi connectivity index (χ0n) is 8.59. The molecule has 0 unspecified atom stereocenters. The smallest absolute Gasteiger partial charge is 0.115 e. The van der Waals surface area contributed by atoms with Crippen LogP contribution in [0.4, 0.5) is 0 Å². The maximum atomic E-state index is 8.81. The number of benzene rings is 2. The Morgan fingerprint density at radius 2 is 1.33 bits per heavy atom. The highest BCUT2D eigenvalue weighted by molar-refractivity contribution is 5.25. The van der Waals surface area contributed by atoms with E-state index in [1.165, 1.54) is 0 Å². The number of phenolic OH excluding ortho intramolecular Hbond substituents is 2. The zero-order chi connectivity index (χ0) is 11.1. The lowest BCUT2D eigenvalue weighted by atomic mass is 10.2. The fourth-order valence-corrected chi connectivity index (χ4v) is 1.06. The number of aryl methyl sites for hydroxylation is 1. The Hall–Kier alpha value is -1.96. The first-order chi connectivity index (χ1) is 7.18. The summed E-state index contributed by atoms with van der Waals surface area (Å²) >= 11 is 0. The Kier molecular flexibility index (Phi) is 4.23. The number of rotatable bonds is 0. The summed E-state index contributed by atoms with van der Waals surface area (Å²) in [5, 5.41) is 17.4. The van der Waals surface area contributed by atoms with E-state index in [-0.39, 0.29) is 0 Å². The molecular weight excluding hydrogens is 188 g/mol. The molecule has 0 saturated heterocycles. The number of aromatic hydroxyl groups is 2. The summed E-state index contributed by atoms with van der Waals surface area (Å²) in [5.41, 5.74) is 1.09. The molecule has 2 heteroatoms. The predicted molar refractivity (Wildman–Crippen MR) is 61.0 cm³/mol. The van der Waals surface area contributed by atoms with Gasteiger partial charge in [0.25, 0.3) is 0 Å². The largest absolute Gasteiger partial charge is 0.508 e. The molecule has 0 heterocycles. The second kappa shape index (κ2) is 5.70. The molecule has 2 rings (SSSR count). The van der Waals surface area contributed by atoms with Crippen molar-refractivity contribution in [2.45, 2.75) is 6.92 Å². The van der Waals surface area contributed by atoms with Crippen molar-refractivity contribution in [3.8, 4) is 11.5 Å². The highest BCUT2D eigenvalue weighted by Crippen LogP contribution is 2.08. The predicted octanol–water partition coefficient (Wildman–Crippen LogP) is 3.09. The number of para-hydroxylation sites is 1. The van der Waals surface area contributed by atoms with Crippen LogP contribution in [0.5, 0.6) is 11.5 Å². The fraction of sp³-hybridized carbons (Fsp3) is 0.0769. The van der Waals surface area contributed by atoms with E-state index in [2.05, 4.69) is 0 Å². The summed E-state index contributed by atoms with van der Waals surface area (Å²) in [7, 11) is 0. The molecular formula is C13H14O2. The van der Waals surface area contributed by atoms with Crippen molar-refractivity contribution in [3.05, 3.63) is 60.2 Å². The van der Waals surface area contributed by atoms with Crippen molar-refractivity contribution >= 4 is 0 Å². The molecule has 2 aromatic rings. The van der Waals surface area contributed by atoms with E-state index in [9.17, 15) is 0 Å². The highest BCUT2D eigenvalue weighted by atomic mass is 16.3. The molecule has 2 aromatic carbocycles. The second-order valence-electron chi connectivity index (χ2n) is 3.17. The van der Waals surface area contributed by atoms with E-state index in [4.69, 9.17) is 10.2 Å². The molecule has 0 fully saturated rings. The third-order valence-electron chi connectivity index (χ3n) is 1.76. The molecule has 78 valence electrons. The minimum absolute atomic E-state index is 0.322. The molecule has 0 aliphatic rings. The molecule has 15 heavy (non-hydrogen) atoms. The van der Waals surface area contributed by atoms with Crippen molar-refractivity contribution in [1.82, 2.24) is 0 Å². The van der Waals surface area contributed by atoms with E-state index in [0.29, 0.717) is 11.5 Å². The first-order valence-electron chi connectivity index (χ1n) is 4.68. The summed E-state index contributed by atoms with van der Waals surface area (Å²) in [6.45, 7) is 1.94. The Morgan fingerprint density at radius 1 is 0.733 bits per heavy atom. The van der Waals surface area contributed by atoms with Crippen molar-refractivity contribution in [2.75, 3.05) is 0 Å². The molecule has 0 aromatic heterocycles. The third kappa shape index (κ3) is 4.72. The van der Waals surface area contributed by atoms with Gasteiger partial charge < -0.3 is 10.2 Å². The van der Waals surface area contributed by atoms with Gasteiger partial charge in [-0.25, -0.2) is 0 Å². The monoisotopic (exact) mass is 202 g/mol. The Labute approximate surface area is 89.4 Å². The van der Waals surface area contributed by atoms with Gasteiger partial charge in [-0.05, 0) is 36.8 Å². The maximum absolute atomic E-state index is 8.81. The van der Waals surface area contributed by atoms with Crippen LogP contribution in [0.25, 0.3) is 0 Å². The van der Waals surface area contributed by atoms with E-state index in [1.807, 2.05) is 25.1 Å². The fourth-order valence-electron chi connectivity index (χ4n) is 1.06. The lowest BCUT2D eigenvalue weighted by molar-refractivity contribution is 0.474. The van der Waals surface area contributed by atoms with Crippen LogP contribution in [0, 0.1) is 6.92 Å². The minimum Gasteiger partial charge on any atom is -0.508 e. The second-order valence-corrected chi connectivity index (χ2v) is 3.17. The van der Waals surface area contributed by atoms with E-state index in [1.54, 1.807) is 36.4 Å². The molecule has 0 atom stereocenters. The van der Waals surface area contributed by atoms with Gasteiger partial charge >= 0.3 is 0 Å². The van der Waals surface area contributed by atoms with Crippen molar-refractivity contribution in [2.24, 2.45) is 0 Å². The van der Waals surface area contributed by atoms with Crippen LogP contribution in [0.15, 0.2) is 54.6 Å². The van der Waals surface area contributed by atoms with Gasteiger partial charge in [-0.15, -0.1) is 0 Å². The van der Waals surface area contributed by atoms with Crippen molar-refractivity contribution < 1.29 is 10.2 Å². The first-order valence-corrected chi connectivity index (χ1v) is 4.68. The van der Waals surface area contributed by atoms with Gasteiger partial charge in [-0.3, -0.25) is 0 Å². The Balaban J connectivity index is 0.000000151. The highest BCUT2D eigenvalue weighted by Gasteiger charge is 1.83. The van der Waals surface area contributed by atoms with Gasteiger partial charge in [0.1, 0.15) is 11.5 Å². The van der Waals surface area contributed by atoms with Crippen molar-refractivity contribution in [1.29, 1.82) is 0 Å². The number of phenols is 2. The maximum Gasteiger partial charge on any atom is 0.115 e. The van der Waals surface area contributed by atoms with Gasteiger partial charge in [0, 0.05) is 0 Å². The average Bonchev–Trinajstić information content (AvgIpc) is 2.19. The third-order valence-corrected chi connectivity index (χ3v) is 1.76. The molecule has 0 aliphatic heterocycles. The van der Waals surface area contributed by atoms with E-state index < -0.39 is 0 Å². The Morgan fingerprint density at radius 3 is 1.67 bits per heavy atom. The van der Waals surface area contributed by atoms with Crippen LogP contribution in [-0.2, 0) is 0 Å². The van der Waals surface area contributed by atoms with E-state index >= 15 is 0 Å². The number of hydrogen-bond donors (Lipinski definition) is 2. The summed E-state index contributed by atoms with van der Waals surface area (Å²) in [6, 6.07) is 15.9. The summed E-state index contributed by atoms with van der Waals surface area (Å²) in [4.78, 5) is 0. The quantitative estimate of drug-likeness (QED) is 0.689. The molecule has 0 spiro atoms. The minimum atomic E-state index is 0.322.